The van der Waals surface area contributed by atoms with Gasteiger partial charge in [0, 0.05) is 0 Å². The average Bonchev–Trinajstić information content (AvgIpc) is 3.08. The van der Waals surface area contributed by atoms with Gasteiger partial charge in [0.05, 0.1) is 0 Å². The topological polar surface area (TPSA) is 0 Å². The molecular weight excluding hydrogens is 228 g/mol. The molecule has 0 bridgehead atoms. The van der Waals surface area contributed by atoms with Crippen molar-refractivity contribution in [3.63, 3.8) is 0 Å². The summed E-state index contributed by atoms with van der Waals surface area (Å²) in [4.78, 5) is 0. The van der Waals surface area contributed by atoms with Crippen LogP contribution in [0, 0.1) is 35.5 Å². The van der Waals surface area contributed by atoms with E-state index in [1.54, 1.807) is 0 Å². The summed E-state index contributed by atoms with van der Waals surface area (Å²) in [5.41, 5.74) is 0. The number of fused-ring (bicyclic) bond motifs is 3. The van der Waals surface area contributed by atoms with Gasteiger partial charge in [-0.1, -0.05) is 74.3 Å². The van der Waals surface area contributed by atoms with E-state index < -0.39 is 0 Å². The fourth-order valence-electron chi connectivity index (χ4n) is 5.11. The number of allylic oxidation sites excluding steroid dienone is 8. The molecule has 0 nitrogen and oxygen atoms in total. The molecule has 4 atom stereocenters. The fourth-order valence-corrected chi connectivity index (χ4v) is 5.11. The molecule has 2 fully saturated rings. The number of rotatable bonds is 2. The van der Waals surface area contributed by atoms with Crippen molar-refractivity contribution in [2.24, 2.45) is 35.5 Å². The minimum absolute atomic E-state index is 0.766. The molecule has 4 unspecified atom stereocenters. The maximum Gasteiger partial charge on any atom is -0.00956 e. The minimum Gasteiger partial charge on any atom is -0.0805 e. The molecule has 0 heterocycles. The minimum atomic E-state index is 0.766. The molecule has 0 spiro atoms. The molecular formula is C19H24. The molecule has 4 aliphatic carbocycles. The van der Waals surface area contributed by atoms with Crippen LogP contribution in [0.25, 0.3) is 0 Å². The average molecular weight is 252 g/mol. The van der Waals surface area contributed by atoms with E-state index in [1.807, 2.05) is 0 Å². The Balaban J connectivity index is 1.60. The Bertz CT molecular complexity index is 411. The van der Waals surface area contributed by atoms with E-state index in [2.05, 4.69) is 48.6 Å². The second kappa shape index (κ2) is 4.81. The standard InChI is InChI=1S/C19H24/c1-2-8-14(7-1)13-19-17-11-5-3-9-15(17)16-10-4-6-12-18(16)19/h3-6,9-12,14-19H,1-2,7-8,13H2. The fraction of sp³-hybridized carbons (Fsp3) is 0.579. The van der Waals surface area contributed by atoms with E-state index in [1.165, 1.54) is 32.1 Å². The summed E-state index contributed by atoms with van der Waals surface area (Å²) in [6.45, 7) is 0. The maximum absolute atomic E-state index is 2.50. The van der Waals surface area contributed by atoms with Crippen molar-refractivity contribution in [1.82, 2.24) is 0 Å². The van der Waals surface area contributed by atoms with Crippen molar-refractivity contribution in [3.05, 3.63) is 48.6 Å². The molecule has 0 aliphatic heterocycles. The van der Waals surface area contributed by atoms with Crippen LogP contribution in [-0.4, -0.2) is 0 Å². The predicted octanol–water partition coefficient (Wildman–Crippen LogP) is 4.91. The molecule has 0 radical (unpaired) electrons. The summed E-state index contributed by atoms with van der Waals surface area (Å²) in [7, 11) is 0. The van der Waals surface area contributed by atoms with Crippen LogP contribution in [0.5, 0.6) is 0 Å². The Kier molecular flexibility index (Phi) is 2.98. The smallest absolute Gasteiger partial charge is 0.00956 e. The number of hydrogen-bond acceptors (Lipinski definition) is 0. The molecule has 0 amide bonds. The van der Waals surface area contributed by atoms with Gasteiger partial charge in [0.2, 0.25) is 0 Å². The summed E-state index contributed by atoms with van der Waals surface area (Å²) in [5, 5.41) is 0. The summed E-state index contributed by atoms with van der Waals surface area (Å²) in [6, 6.07) is 0. The predicted molar refractivity (Wildman–Crippen MR) is 80.6 cm³/mol. The van der Waals surface area contributed by atoms with Crippen LogP contribution >= 0.6 is 0 Å². The van der Waals surface area contributed by atoms with E-state index in [-0.39, 0.29) is 0 Å². The first-order valence-corrected chi connectivity index (χ1v) is 8.13. The zero-order chi connectivity index (χ0) is 12.7. The Morgan fingerprint density at radius 1 is 0.632 bits per heavy atom. The van der Waals surface area contributed by atoms with Gasteiger partial charge >= 0.3 is 0 Å². The molecule has 4 rings (SSSR count). The third-order valence-electron chi connectivity index (χ3n) is 5.96. The second-order valence-corrected chi connectivity index (χ2v) is 6.90. The van der Waals surface area contributed by atoms with Crippen LogP contribution < -0.4 is 0 Å². The van der Waals surface area contributed by atoms with Crippen LogP contribution in [0.2, 0.25) is 0 Å². The van der Waals surface area contributed by atoms with Crippen molar-refractivity contribution in [3.8, 4) is 0 Å². The quantitative estimate of drug-likeness (QED) is 0.655. The van der Waals surface area contributed by atoms with Gasteiger partial charge in [-0.25, -0.2) is 0 Å². The van der Waals surface area contributed by atoms with Gasteiger partial charge < -0.3 is 0 Å². The Hall–Kier alpha value is -1.04. The zero-order valence-electron chi connectivity index (χ0n) is 11.6. The van der Waals surface area contributed by atoms with Crippen molar-refractivity contribution in [1.29, 1.82) is 0 Å². The van der Waals surface area contributed by atoms with E-state index in [4.69, 9.17) is 0 Å². The maximum atomic E-state index is 2.50. The highest BCUT2D eigenvalue weighted by Gasteiger charge is 2.47. The Morgan fingerprint density at radius 2 is 1.11 bits per heavy atom. The lowest BCUT2D eigenvalue weighted by molar-refractivity contribution is 0.291. The zero-order valence-corrected chi connectivity index (χ0v) is 11.6. The highest BCUT2D eigenvalue weighted by atomic mass is 14.5. The van der Waals surface area contributed by atoms with Gasteiger partial charge in [-0.3, -0.25) is 0 Å². The molecule has 100 valence electrons. The van der Waals surface area contributed by atoms with Gasteiger partial charge in [-0.2, -0.15) is 0 Å². The molecule has 0 heteroatoms. The van der Waals surface area contributed by atoms with Crippen LogP contribution in [0.1, 0.15) is 32.1 Å². The van der Waals surface area contributed by atoms with Gasteiger partial charge in [-0.15, -0.1) is 0 Å². The first-order valence-electron chi connectivity index (χ1n) is 8.13. The second-order valence-electron chi connectivity index (χ2n) is 6.90. The highest BCUT2D eigenvalue weighted by molar-refractivity contribution is 5.28. The summed E-state index contributed by atoms with van der Waals surface area (Å²) < 4.78 is 0. The van der Waals surface area contributed by atoms with Crippen molar-refractivity contribution < 1.29 is 0 Å². The summed E-state index contributed by atoms with van der Waals surface area (Å²) in [5.74, 6) is 5.04. The lowest BCUT2D eigenvalue weighted by Crippen LogP contribution is -2.19. The van der Waals surface area contributed by atoms with Crippen LogP contribution in [0.3, 0.4) is 0 Å². The lowest BCUT2D eigenvalue weighted by atomic mass is 9.78. The normalized spacial score (nSPS) is 43.7. The van der Waals surface area contributed by atoms with E-state index >= 15 is 0 Å². The number of hydrogen-bond donors (Lipinski definition) is 0. The first-order chi connectivity index (χ1) is 9.43. The molecule has 2 saturated carbocycles. The molecule has 0 aromatic carbocycles. The van der Waals surface area contributed by atoms with Crippen LogP contribution in [0.15, 0.2) is 48.6 Å². The molecule has 19 heavy (non-hydrogen) atoms. The lowest BCUT2D eigenvalue weighted by Gasteiger charge is -2.26. The summed E-state index contributed by atoms with van der Waals surface area (Å²) >= 11 is 0. The third kappa shape index (κ3) is 1.96. The molecule has 4 aliphatic rings. The largest absolute Gasteiger partial charge is 0.0805 e. The van der Waals surface area contributed by atoms with Gasteiger partial charge in [0.15, 0.2) is 0 Å². The Morgan fingerprint density at radius 3 is 1.63 bits per heavy atom. The summed E-state index contributed by atoms with van der Waals surface area (Å²) in [6.07, 6.45) is 26.5. The Labute approximate surface area is 117 Å². The van der Waals surface area contributed by atoms with Gasteiger partial charge in [0.25, 0.3) is 0 Å². The SMILES string of the molecule is C1=CC2C3C=CC=CC3C(CC3CCCC3)C2C=C1. The van der Waals surface area contributed by atoms with Gasteiger partial charge in [0.1, 0.15) is 0 Å². The van der Waals surface area contributed by atoms with Crippen molar-refractivity contribution in [2.45, 2.75) is 32.1 Å². The molecule has 0 N–H and O–H groups in total. The first kappa shape index (κ1) is 11.8. The van der Waals surface area contributed by atoms with E-state index in [0.29, 0.717) is 0 Å². The van der Waals surface area contributed by atoms with Crippen LogP contribution in [0.4, 0.5) is 0 Å². The highest BCUT2D eigenvalue weighted by Crippen LogP contribution is 2.53. The third-order valence-corrected chi connectivity index (χ3v) is 5.96. The van der Waals surface area contributed by atoms with Gasteiger partial charge in [-0.05, 0) is 41.9 Å². The van der Waals surface area contributed by atoms with Crippen molar-refractivity contribution >= 4 is 0 Å². The van der Waals surface area contributed by atoms with E-state index in [9.17, 15) is 0 Å². The molecule has 0 aromatic rings. The van der Waals surface area contributed by atoms with Crippen LogP contribution in [-0.2, 0) is 0 Å². The molecule has 0 saturated heterocycles. The monoisotopic (exact) mass is 252 g/mol. The molecule has 0 aromatic heterocycles. The van der Waals surface area contributed by atoms with Crippen molar-refractivity contribution in [2.75, 3.05) is 0 Å². The van der Waals surface area contributed by atoms with E-state index in [0.717, 1.165) is 35.5 Å².